The highest BCUT2D eigenvalue weighted by Gasteiger charge is 2.15. The van der Waals surface area contributed by atoms with Crippen LogP contribution in [0.25, 0.3) is 0 Å². The topological polar surface area (TPSA) is 41.1 Å². The minimum atomic E-state index is 0.185. The molecule has 0 bridgehead atoms. The Balaban J connectivity index is 2.09. The fourth-order valence-corrected chi connectivity index (χ4v) is 1.96. The van der Waals surface area contributed by atoms with Crippen LogP contribution in [0.15, 0.2) is 0 Å². The highest BCUT2D eigenvalue weighted by molar-refractivity contribution is 5.75. The average molecular weight is 226 g/mol. The summed E-state index contributed by atoms with van der Waals surface area (Å²) < 4.78 is 0. The van der Waals surface area contributed by atoms with Crippen molar-refractivity contribution >= 4 is 5.91 Å². The quantitative estimate of drug-likeness (QED) is 0.769. The molecule has 0 radical (unpaired) electrons. The summed E-state index contributed by atoms with van der Waals surface area (Å²) >= 11 is 0. The Labute approximate surface area is 99.4 Å². The van der Waals surface area contributed by atoms with E-state index in [4.69, 9.17) is 0 Å². The summed E-state index contributed by atoms with van der Waals surface area (Å²) in [6.07, 6.45) is 4.21. The van der Waals surface area contributed by atoms with Crippen molar-refractivity contribution in [2.45, 2.75) is 46.5 Å². The van der Waals surface area contributed by atoms with E-state index in [-0.39, 0.29) is 11.3 Å². The maximum atomic E-state index is 11.6. The smallest absolute Gasteiger partial charge is 0.220 e. The Hall–Kier alpha value is -0.570. The molecule has 0 aromatic carbocycles. The Bertz CT molecular complexity index is 214. The highest BCUT2D eigenvalue weighted by atomic mass is 16.1. The third-order valence-electron chi connectivity index (χ3n) is 3.05. The van der Waals surface area contributed by atoms with Crippen molar-refractivity contribution in [1.82, 2.24) is 10.6 Å². The number of carbonyl (C=O) groups is 1. The fourth-order valence-electron chi connectivity index (χ4n) is 1.96. The molecule has 3 heteroatoms. The van der Waals surface area contributed by atoms with Crippen molar-refractivity contribution in [3.05, 3.63) is 0 Å². The molecule has 0 spiro atoms. The average Bonchev–Trinajstić information content (AvgIpc) is 2.24. The summed E-state index contributed by atoms with van der Waals surface area (Å²) in [5.41, 5.74) is 0.185. The summed E-state index contributed by atoms with van der Waals surface area (Å²) in [6.45, 7) is 9.43. The van der Waals surface area contributed by atoms with Crippen LogP contribution >= 0.6 is 0 Å². The molecule has 3 nitrogen and oxygen atoms in total. The standard InChI is InChI=1S/C13H26N2O/c1-13(2,3)10-15-12(16)5-4-11-6-8-14-9-7-11/h11,14H,4-10H2,1-3H3,(H,15,16). The molecular formula is C13H26N2O. The Kier molecular flexibility index (Phi) is 5.26. The largest absolute Gasteiger partial charge is 0.356 e. The van der Waals surface area contributed by atoms with Gasteiger partial charge in [-0.05, 0) is 43.7 Å². The van der Waals surface area contributed by atoms with Crippen LogP contribution in [-0.2, 0) is 4.79 Å². The van der Waals surface area contributed by atoms with Crippen LogP contribution in [0.3, 0.4) is 0 Å². The van der Waals surface area contributed by atoms with E-state index < -0.39 is 0 Å². The van der Waals surface area contributed by atoms with Gasteiger partial charge in [0, 0.05) is 13.0 Å². The van der Waals surface area contributed by atoms with Crippen LogP contribution in [0.2, 0.25) is 0 Å². The zero-order chi connectivity index (χ0) is 12.0. The monoisotopic (exact) mass is 226 g/mol. The minimum Gasteiger partial charge on any atom is -0.356 e. The maximum Gasteiger partial charge on any atom is 0.220 e. The van der Waals surface area contributed by atoms with E-state index in [1.807, 2.05) is 0 Å². The van der Waals surface area contributed by atoms with Gasteiger partial charge in [-0.25, -0.2) is 0 Å². The van der Waals surface area contributed by atoms with Gasteiger partial charge in [-0.2, -0.15) is 0 Å². The lowest BCUT2D eigenvalue weighted by atomic mass is 9.93. The first-order chi connectivity index (χ1) is 7.47. The maximum absolute atomic E-state index is 11.6. The molecule has 1 amide bonds. The molecule has 0 aromatic heterocycles. The lowest BCUT2D eigenvalue weighted by Gasteiger charge is -2.23. The zero-order valence-corrected chi connectivity index (χ0v) is 10.9. The predicted octanol–water partition coefficient (Wildman–Crippen LogP) is 1.93. The van der Waals surface area contributed by atoms with Crippen molar-refractivity contribution in [1.29, 1.82) is 0 Å². The fraction of sp³-hybridized carbons (Fsp3) is 0.923. The van der Waals surface area contributed by atoms with Crippen molar-refractivity contribution in [2.24, 2.45) is 11.3 Å². The molecule has 1 aliphatic rings. The molecule has 1 fully saturated rings. The first-order valence-electron chi connectivity index (χ1n) is 6.45. The van der Waals surface area contributed by atoms with Crippen LogP contribution in [-0.4, -0.2) is 25.5 Å². The second-order valence-corrected chi connectivity index (χ2v) is 6.07. The molecule has 94 valence electrons. The first-order valence-corrected chi connectivity index (χ1v) is 6.45. The summed E-state index contributed by atoms with van der Waals surface area (Å²) in [7, 11) is 0. The summed E-state index contributed by atoms with van der Waals surface area (Å²) in [5.74, 6) is 0.968. The van der Waals surface area contributed by atoms with Gasteiger partial charge in [0.2, 0.25) is 5.91 Å². The number of carbonyl (C=O) groups excluding carboxylic acids is 1. The summed E-state index contributed by atoms with van der Waals surface area (Å²) in [6, 6.07) is 0. The molecular weight excluding hydrogens is 200 g/mol. The van der Waals surface area contributed by atoms with Gasteiger partial charge in [0.1, 0.15) is 0 Å². The minimum absolute atomic E-state index is 0.185. The van der Waals surface area contributed by atoms with E-state index in [1.165, 1.54) is 12.8 Å². The van der Waals surface area contributed by atoms with Gasteiger partial charge in [0.05, 0.1) is 0 Å². The van der Waals surface area contributed by atoms with Gasteiger partial charge >= 0.3 is 0 Å². The molecule has 1 aliphatic heterocycles. The van der Waals surface area contributed by atoms with E-state index in [9.17, 15) is 4.79 Å². The van der Waals surface area contributed by atoms with Crippen molar-refractivity contribution < 1.29 is 4.79 Å². The summed E-state index contributed by atoms with van der Waals surface area (Å²) in [5, 5.41) is 6.35. The number of piperidine rings is 1. The molecule has 1 heterocycles. The van der Waals surface area contributed by atoms with Crippen LogP contribution in [0.1, 0.15) is 46.5 Å². The van der Waals surface area contributed by atoms with Gasteiger partial charge in [0.15, 0.2) is 0 Å². The molecule has 0 aromatic rings. The van der Waals surface area contributed by atoms with Crippen LogP contribution in [0.4, 0.5) is 0 Å². The molecule has 1 saturated heterocycles. The number of nitrogens with one attached hydrogen (secondary N) is 2. The highest BCUT2D eigenvalue weighted by Crippen LogP contribution is 2.17. The Morgan fingerprint density at radius 3 is 2.50 bits per heavy atom. The van der Waals surface area contributed by atoms with E-state index in [2.05, 4.69) is 31.4 Å². The van der Waals surface area contributed by atoms with Crippen LogP contribution in [0, 0.1) is 11.3 Å². The summed E-state index contributed by atoms with van der Waals surface area (Å²) in [4.78, 5) is 11.6. The second kappa shape index (κ2) is 6.24. The number of rotatable bonds is 4. The SMILES string of the molecule is CC(C)(C)CNC(=O)CCC1CCNCC1. The molecule has 0 saturated carbocycles. The molecule has 1 rings (SSSR count). The first kappa shape index (κ1) is 13.5. The lowest BCUT2D eigenvalue weighted by Crippen LogP contribution is -2.33. The van der Waals surface area contributed by atoms with Crippen LogP contribution in [0.5, 0.6) is 0 Å². The molecule has 0 unspecified atom stereocenters. The van der Waals surface area contributed by atoms with Gasteiger partial charge in [-0.15, -0.1) is 0 Å². The Morgan fingerprint density at radius 1 is 1.31 bits per heavy atom. The van der Waals surface area contributed by atoms with Gasteiger partial charge < -0.3 is 10.6 Å². The molecule has 0 aliphatic carbocycles. The Morgan fingerprint density at radius 2 is 1.94 bits per heavy atom. The second-order valence-electron chi connectivity index (χ2n) is 6.07. The van der Waals surface area contributed by atoms with E-state index in [0.717, 1.165) is 32.0 Å². The van der Waals surface area contributed by atoms with Gasteiger partial charge in [-0.3, -0.25) is 4.79 Å². The third-order valence-corrected chi connectivity index (χ3v) is 3.05. The number of amides is 1. The lowest BCUT2D eigenvalue weighted by molar-refractivity contribution is -0.121. The number of hydrogen-bond donors (Lipinski definition) is 2. The third kappa shape index (κ3) is 6.11. The van der Waals surface area contributed by atoms with E-state index >= 15 is 0 Å². The van der Waals surface area contributed by atoms with E-state index in [0.29, 0.717) is 6.42 Å². The molecule has 0 atom stereocenters. The zero-order valence-electron chi connectivity index (χ0n) is 10.9. The molecule has 16 heavy (non-hydrogen) atoms. The van der Waals surface area contributed by atoms with E-state index in [1.54, 1.807) is 0 Å². The van der Waals surface area contributed by atoms with Crippen molar-refractivity contribution in [3.63, 3.8) is 0 Å². The molecule has 2 N–H and O–H groups in total. The predicted molar refractivity (Wildman–Crippen MR) is 67.3 cm³/mol. The van der Waals surface area contributed by atoms with Crippen LogP contribution < -0.4 is 10.6 Å². The van der Waals surface area contributed by atoms with Gasteiger partial charge in [0.25, 0.3) is 0 Å². The number of hydrogen-bond acceptors (Lipinski definition) is 2. The van der Waals surface area contributed by atoms with Crippen molar-refractivity contribution in [3.8, 4) is 0 Å². The normalized spacial score (nSPS) is 18.4. The van der Waals surface area contributed by atoms with Gasteiger partial charge in [-0.1, -0.05) is 20.8 Å². The van der Waals surface area contributed by atoms with Crippen molar-refractivity contribution in [2.75, 3.05) is 19.6 Å².